The Bertz CT molecular complexity index is 915. The minimum absolute atomic E-state index is 0.759. The molecular weight excluding hydrogens is 619 g/mol. The van der Waals surface area contributed by atoms with Crippen LogP contribution < -0.4 is 0 Å². The summed E-state index contributed by atoms with van der Waals surface area (Å²) in [4.78, 5) is 0. The minimum atomic E-state index is -0.826. The quantitative estimate of drug-likeness (QED) is 0.280. The fourth-order valence-corrected chi connectivity index (χ4v) is 8.13. The summed E-state index contributed by atoms with van der Waals surface area (Å²) < 4.78 is 0. The summed E-state index contributed by atoms with van der Waals surface area (Å²) in [7, 11) is 9.87. The van der Waals surface area contributed by atoms with Crippen molar-refractivity contribution in [1.29, 1.82) is 0 Å². The Kier molecular flexibility index (Phi) is 13.9. The number of hydrogen-bond donors (Lipinski definition) is 0. The van der Waals surface area contributed by atoms with E-state index in [9.17, 15) is 0 Å². The predicted molar refractivity (Wildman–Crippen MR) is 175 cm³/mol. The van der Waals surface area contributed by atoms with Gasteiger partial charge in [0.2, 0.25) is 0 Å². The van der Waals surface area contributed by atoms with Crippen LogP contribution in [0.15, 0.2) is 48.1 Å². The van der Waals surface area contributed by atoms with E-state index in [0.717, 1.165) is 47.3 Å². The van der Waals surface area contributed by atoms with Gasteiger partial charge >= 0.3 is 37.9 Å². The first-order valence-corrected chi connectivity index (χ1v) is 22.3. The zero-order valence-electron chi connectivity index (χ0n) is 26.0. The zero-order valence-corrected chi connectivity index (χ0v) is 30.0. The van der Waals surface area contributed by atoms with Gasteiger partial charge in [-0.1, -0.05) is 102 Å². The first kappa shape index (κ1) is 34.3. The second-order valence-corrected chi connectivity index (χ2v) is 17.4. The van der Waals surface area contributed by atoms with Crippen molar-refractivity contribution in [2.75, 3.05) is 0 Å². The number of halogens is 2. The van der Waals surface area contributed by atoms with Crippen molar-refractivity contribution in [2.24, 2.45) is 47.3 Å². The third-order valence-corrected chi connectivity index (χ3v) is 10.3. The van der Waals surface area contributed by atoms with Crippen molar-refractivity contribution in [3.8, 4) is 0 Å². The molecule has 220 valence electrons. The summed E-state index contributed by atoms with van der Waals surface area (Å²) in [5.41, 5.74) is 1.60. The maximum atomic E-state index is 4.93. The molecule has 0 aromatic carbocycles. The van der Waals surface area contributed by atoms with Gasteiger partial charge in [0, 0.05) is 23.7 Å². The summed E-state index contributed by atoms with van der Waals surface area (Å²) in [6, 6.07) is 0. The molecule has 10 radical (unpaired) electrons. The second kappa shape index (κ2) is 16.7. The van der Waals surface area contributed by atoms with Gasteiger partial charge in [-0.3, -0.25) is 0 Å². The third-order valence-electron chi connectivity index (χ3n) is 10.3. The first-order valence-electron chi connectivity index (χ1n) is 16.0. The SMILES string of the molecule is CC1CCC(C(C)C)C(C2=CC=C[C]3[CH][CH][CH][C]32)C1.CC1CCC(C(C)C)C([C]2[CH][CH][C]3C=CC=C[C]32)C1.[Cl][Zr][Cl]. The predicted octanol–water partition coefficient (Wildman–Crippen LogP) is 11.3. The van der Waals surface area contributed by atoms with Crippen LogP contribution in [0.2, 0.25) is 0 Å². The summed E-state index contributed by atoms with van der Waals surface area (Å²) in [5, 5.41) is 0. The van der Waals surface area contributed by atoms with Crippen LogP contribution in [0.3, 0.4) is 0 Å². The summed E-state index contributed by atoms with van der Waals surface area (Å²) in [6.07, 6.45) is 35.6. The van der Waals surface area contributed by atoms with Gasteiger partial charge in [-0.25, -0.2) is 0 Å². The topological polar surface area (TPSA) is 0 Å². The van der Waals surface area contributed by atoms with Gasteiger partial charge < -0.3 is 0 Å². The van der Waals surface area contributed by atoms with E-state index in [2.05, 4.69) is 116 Å². The molecule has 0 aromatic rings. The number of fused-ring (bicyclic) bond motifs is 2. The van der Waals surface area contributed by atoms with Crippen LogP contribution in [0.4, 0.5) is 0 Å². The monoisotopic (exact) mass is 666 g/mol. The van der Waals surface area contributed by atoms with E-state index in [1.165, 1.54) is 62.2 Å². The molecule has 0 heterocycles. The normalized spacial score (nSPS) is 34.5. The van der Waals surface area contributed by atoms with Gasteiger partial charge in [-0.15, -0.1) is 0 Å². The van der Waals surface area contributed by atoms with Crippen LogP contribution in [0, 0.1) is 109 Å². The molecule has 0 aromatic heterocycles. The Morgan fingerprint density at radius 2 is 1.22 bits per heavy atom. The molecule has 0 saturated heterocycles. The van der Waals surface area contributed by atoms with Gasteiger partial charge in [-0.05, 0) is 111 Å². The Balaban J connectivity index is 0.000000173. The van der Waals surface area contributed by atoms with Crippen molar-refractivity contribution in [2.45, 2.75) is 80.1 Å². The zero-order chi connectivity index (χ0) is 29.5. The van der Waals surface area contributed by atoms with Crippen LogP contribution in [0.1, 0.15) is 80.1 Å². The fraction of sp³-hybridized carbons (Fsp3) is 0.526. The second-order valence-electron chi connectivity index (χ2n) is 13.7. The molecule has 4 fully saturated rings. The molecule has 6 unspecified atom stereocenters. The van der Waals surface area contributed by atoms with Gasteiger partial charge in [0.25, 0.3) is 0 Å². The molecular formula is C38H50Cl2Zr. The average Bonchev–Trinajstić information content (AvgIpc) is 3.61. The van der Waals surface area contributed by atoms with Crippen molar-refractivity contribution >= 4 is 17.0 Å². The van der Waals surface area contributed by atoms with E-state index in [0.29, 0.717) is 0 Å². The van der Waals surface area contributed by atoms with E-state index in [-0.39, 0.29) is 0 Å². The van der Waals surface area contributed by atoms with Crippen molar-refractivity contribution in [3.05, 3.63) is 110 Å². The first-order chi connectivity index (χ1) is 19.7. The molecule has 0 aliphatic heterocycles. The number of allylic oxidation sites excluding steroid dienone is 8. The number of rotatable bonds is 4. The molecule has 6 aliphatic carbocycles. The van der Waals surface area contributed by atoms with E-state index >= 15 is 0 Å². The average molecular weight is 669 g/mol. The Hall–Kier alpha value is 0.423. The van der Waals surface area contributed by atoms with Gasteiger partial charge in [-0.2, -0.15) is 0 Å². The molecule has 6 rings (SSSR count). The van der Waals surface area contributed by atoms with Crippen molar-refractivity contribution in [3.63, 3.8) is 0 Å². The standard InChI is InChI=1S/2C19H25.2ClH.Zr/c1-13(2)16-11-10-14(3)12-19(16)18-9-5-7-15-6-4-8-17(15)18;1-13(2)16-10-8-14(3)12-19(16)18-11-9-15-6-4-5-7-17(15)18;;;/h4-9,13-14,16,19H,10-12H2,1-3H3;4-7,9,11,13-14,16,19H,8,10,12H2,1-3H3;2*1H;/q;;;;+2/p-2. The van der Waals surface area contributed by atoms with Crippen LogP contribution in [0.5, 0.6) is 0 Å². The van der Waals surface area contributed by atoms with E-state index < -0.39 is 20.8 Å². The molecule has 0 amide bonds. The molecule has 0 N–H and O–H groups in total. The summed E-state index contributed by atoms with van der Waals surface area (Å²) >= 11 is -0.826. The van der Waals surface area contributed by atoms with Crippen LogP contribution >= 0.6 is 17.0 Å². The van der Waals surface area contributed by atoms with Gasteiger partial charge in [0.05, 0.1) is 0 Å². The summed E-state index contributed by atoms with van der Waals surface area (Å²) in [6.45, 7) is 14.5. The van der Waals surface area contributed by atoms with Gasteiger partial charge in [0.15, 0.2) is 0 Å². The molecule has 6 atom stereocenters. The van der Waals surface area contributed by atoms with Gasteiger partial charge in [0.1, 0.15) is 0 Å². The Morgan fingerprint density at radius 3 is 1.88 bits per heavy atom. The van der Waals surface area contributed by atoms with E-state index in [1.807, 2.05) is 0 Å². The number of hydrogen-bond acceptors (Lipinski definition) is 0. The maximum absolute atomic E-state index is 4.93. The Labute approximate surface area is 273 Å². The van der Waals surface area contributed by atoms with E-state index in [1.54, 1.807) is 11.5 Å². The summed E-state index contributed by atoms with van der Waals surface area (Å²) in [5.74, 6) is 14.0. The molecule has 0 nitrogen and oxygen atoms in total. The van der Waals surface area contributed by atoms with E-state index in [4.69, 9.17) is 17.0 Å². The molecule has 0 bridgehead atoms. The van der Waals surface area contributed by atoms with Crippen LogP contribution in [0.25, 0.3) is 0 Å². The van der Waals surface area contributed by atoms with Crippen LogP contribution in [-0.4, -0.2) is 0 Å². The molecule has 4 saturated carbocycles. The molecule has 3 heteroatoms. The molecule has 6 aliphatic rings. The third kappa shape index (κ3) is 8.78. The van der Waals surface area contributed by atoms with Crippen molar-refractivity contribution in [1.82, 2.24) is 0 Å². The Morgan fingerprint density at radius 1 is 0.659 bits per heavy atom. The molecule has 41 heavy (non-hydrogen) atoms. The molecule has 0 spiro atoms. The van der Waals surface area contributed by atoms with Crippen LogP contribution in [-0.2, 0) is 20.8 Å². The van der Waals surface area contributed by atoms with Crippen molar-refractivity contribution < 1.29 is 20.8 Å². The fourth-order valence-electron chi connectivity index (χ4n) is 8.13.